The van der Waals surface area contributed by atoms with Crippen LogP contribution in [0.2, 0.25) is 0 Å². The first-order chi connectivity index (χ1) is 12.6. The Bertz CT molecular complexity index is 1030. The highest BCUT2D eigenvalue weighted by Gasteiger charge is 2.51. The molecule has 3 rings (SSSR count). The summed E-state index contributed by atoms with van der Waals surface area (Å²) in [6.45, 7) is 13.5. The summed E-state index contributed by atoms with van der Waals surface area (Å²) in [5.74, 6) is -1.52. The maximum absolute atomic E-state index is 14.9. The molecule has 0 N–H and O–H groups in total. The lowest BCUT2D eigenvalue weighted by atomic mass is 10.0. The molecular weight excluding hydrogens is 368 g/mol. The fourth-order valence-corrected chi connectivity index (χ4v) is 3.63. The van der Waals surface area contributed by atoms with Crippen LogP contribution in [0.3, 0.4) is 0 Å². The second-order valence-corrected chi connectivity index (χ2v) is 7.27. The fourth-order valence-electron chi connectivity index (χ4n) is 3.12. The zero-order valence-electron chi connectivity index (χ0n) is 15.3. The zero-order valence-corrected chi connectivity index (χ0v) is 16.1. The van der Waals surface area contributed by atoms with E-state index in [0.717, 1.165) is 4.90 Å². The van der Waals surface area contributed by atoms with E-state index in [9.17, 15) is 13.6 Å². The number of carbonyl (C=O) groups excluding carboxylic acids is 1. The van der Waals surface area contributed by atoms with E-state index in [1.807, 2.05) is 0 Å². The monoisotopic (exact) mass is 385 g/mol. The molecule has 0 bridgehead atoms. The van der Waals surface area contributed by atoms with Crippen molar-refractivity contribution in [3.63, 3.8) is 0 Å². The van der Waals surface area contributed by atoms with E-state index < -0.39 is 23.1 Å². The van der Waals surface area contributed by atoms with Gasteiger partial charge in [-0.3, -0.25) is 9.69 Å². The molecule has 7 heteroatoms. The van der Waals surface area contributed by atoms with Crippen LogP contribution in [0.15, 0.2) is 30.3 Å². The van der Waals surface area contributed by atoms with Crippen LogP contribution in [0.4, 0.5) is 25.8 Å². The summed E-state index contributed by atoms with van der Waals surface area (Å²) >= 11 is 5.47. The number of anilines is 2. The highest BCUT2D eigenvalue weighted by molar-refractivity contribution is 7.81. The molecule has 0 unspecified atom stereocenters. The third-order valence-corrected chi connectivity index (χ3v) is 5.15. The smallest absolute Gasteiger partial charge is 0.259 e. The first-order valence-corrected chi connectivity index (χ1v) is 8.63. The van der Waals surface area contributed by atoms with Gasteiger partial charge >= 0.3 is 0 Å². The van der Waals surface area contributed by atoms with E-state index in [1.54, 1.807) is 32.9 Å². The molecule has 0 radical (unpaired) electrons. The Kier molecular flexibility index (Phi) is 4.48. The summed E-state index contributed by atoms with van der Waals surface area (Å²) in [4.78, 5) is 19.0. The van der Waals surface area contributed by atoms with Gasteiger partial charge in [0.2, 0.25) is 0 Å². The van der Waals surface area contributed by atoms with E-state index in [2.05, 4.69) is 4.85 Å². The van der Waals surface area contributed by atoms with Gasteiger partial charge in [0, 0.05) is 5.69 Å². The molecule has 1 saturated heterocycles. The number of carbonyl (C=O) groups is 1. The number of hydrogen-bond acceptors (Lipinski definition) is 2. The van der Waals surface area contributed by atoms with Gasteiger partial charge in [-0.1, -0.05) is 12.1 Å². The van der Waals surface area contributed by atoms with Gasteiger partial charge in [-0.25, -0.2) is 13.6 Å². The Balaban J connectivity index is 2.14. The minimum atomic E-state index is -1.13. The van der Waals surface area contributed by atoms with Crippen molar-refractivity contribution in [3.8, 4) is 0 Å². The van der Waals surface area contributed by atoms with Crippen molar-refractivity contribution in [1.29, 1.82) is 0 Å². The maximum atomic E-state index is 14.9. The number of benzene rings is 2. The summed E-state index contributed by atoms with van der Waals surface area (Å²) in [5, 5.41) is 0.0575. The van der Waals surface area contributed by atoms with Gasteiger partial charge in [0.1, 0.15) is 17.2 Å². The van der Waals surface area contributed by atoms with Gasteiger partial charge in [-0.05, 0) is 69.2 Å². The van der Waals surface area contributed by atoms with Crippen LogP contribution in [0, 0.1) is 32.1 Å². The molecule has 0 atom stereocenters. The number of amides is 1. The Morgan fingerprint density at radius 1 is 1.15 bits per heavy atom. The highest BCUT2D eigenvalue weighted by Crippen LogP contribution is 2.39. The standard InChI is InChI=1S/C20H17F2N3OS/c1-11-6-7-13(10-14(11)21)25-19(27)24(18(26)20(25,3)4)16-9-8-15(23-5)12(2)17(16)22/h6-10H,1-4H3. The fraction of sp³-hybridized carbons (Fsp3) is 0.250. The van der Waals surface area contributed by atoms with Crippen molar-refractivity contribution >= 4 is 40.3 Å². The molecule has 1 amide bonds. The Morgan fingerprint density at radius 2 is 1.81 bits per heavy atom. The minimum absolute atomic E-state index is 0.0157. The zero-order chi connectivity index (χ0) is 20.1. The lowest BCUT2D eigenvalue weighted by Crippen LogP contribution is -2.44. The Labute approximate surface area is 161 Å². The second-order valence-electron chi connectivity index (χ2n) is 6.91. The molecule has 1 aliphatic rings. The number of nitrogens with zero attached hydrogens (tertiary/aromatic N) is 3. The van der Waals surface area contributed by atoms with E-state index in [-0.39, 0.29) is 22.1 Å². The molecular formula is C20H17F2N3OS. The average Bonchev–Trinajstić information content (AvgIpc) is 2.78. The van der Waals surface area contributed by atoms with Crippen molar-refractivity contribution in [3.05, 3.63) is 64.5 Å². The average molecular weight is 385 g/mol. The molecule has 0 aliphatic carbocycles. The van der Waals surface area contributed by atoms with Gasteiger partial charge in [-0.15, -0.1) is 0 Å². The van der Waals surface area contributed by atoms with E-state index in [0.29, 0.717) is 11.3 Å². The molecule has 2 aromatic rings. The number of aryl methyl sites for hydroxylation is 1. The third kappa shape index (κ3) is 2.77. The quantitative estimate of drug-likeness (QED) is 0.535. The SMILES string of the molecule is [C-]#[N+]c1ccc(N2C(=O)C(C)(C)N(c3ccc(C)c(F)c3)C2=S)c(F)c1C. The van der Waals surface area contributed by atoms with Gasteiger partial charge < -0.3 is 4.90 Å². The second kappa shape index (κ2) is 6.39. The predicted molar refractivity (Wildman–Crippen MR) is 105 cm³/mol. The number of halogens is 2. The first kappa shape index (κ1) is 18.9. The molecule has 27 heavy (non-hydrogen) atoms. The molecule has 0 saturated carbocycles. The Morgan fingerprint density at radius 3 is 2.41 bits per heavy atom. The third-order valence-electron chi connectivity index (χ3n) is 4.78. The van der Waals surface area contributed by atoms with Crippen LogP contribution in [-0.2, 0) is 4.79 Å². The summed E-state index contributed by atoms with van der Waals surface area (Å²) in [6.07, 6.45) is 0. The summed E-state index contributed by atoms with van der Waals surface area (Å²) in [6, 6.07) is 7.41. The molecule has 0 aromatic heterocycles. The molecule has 138 valence electrons. The van der Waals surface area contributed by atoms with Crippen molar-refractivity contribution in [2.75, 3.05) is 9.80 Å². The molecule has 4 nitrogen and oxygen atoms in total. The summed E-state index contributed by atoms with van der Waals surface area (Å²) in [5.41, 5.74) is 0.0665. The van der Waals surface area contributed by atoms with Gasteiger partial charge in [0.25, 0.3) is 5.91 Å². The Hall–Kier alpha value is -2.85. The van der Waals surface area contributed by atoms with Crippen LogP contribution in [0.1, 0.15) is 25.0 Å². The van der Waals surface area contributed by atoms with Crippen LogP contribution < -0.4 is 9.80 Å². The molecule has 1 fully saturated rings. The predicted octanol–water partition coefficient (Wildman–Crippen LogP) is 5.05. The highest BCUT2D eigenvalue weighted by atomic mass is 32.1. The maximum Gasteiger partial charge on any atom is 0.259 e. The summed E-state index contributed by atoms with van der Waals surface area (Å²) < 4.78 is 28.9. The van der Waals surface area contributed by atoms with Gasteiger partial charge in [0.15, 0.2) is 10.8 Å². The van der Waals surface area contributed by atoms with Crippen LogP contribution in [0.5, 0.6) is 0 Å². The van der Waals surface area contributed by atoms with Gasteiger partial charge in [-0.2, -0.15) is 0 Å². The first-order valence-electron chi connectivity index (χ1n) is 8.22. The van der Waals surface area contributed by atoms with E-state index in [4.69, 9.17) is 18.8 Å². The van der Waals surface area contributed by atoms with E-state index >= 15 is 0 Å². The topological polar surface area (TPSA) is 27.9 Å². The van der Waals surface area contributed by atoms with Crippen LogP contribution in [-0.4, -0.2) is 16.6 Å². The van der Waals surface area contributed by atoms with E-state index in [1.165, 1.54) is 30.0 Å². The lowest BCUT2D eigenvalue weighted by Gasteiger charge is -2.29. The molecule has 2 aromatic carbocycles. The summed E-state index contributed by atoms with van der Waals surface area (Å²) in [7, 11) is 0. The van der Waals surface area contributed by atoms with Gasteiger partial charge in [0.05, 0.1) is 12.3 Å². The molecule has 1 aliphatic heterocycles. The lowest BCUT2D eigenvalue weighted by molar-refractivity contribution is -0.120. The number of thiocarbonyl (C=S) groups is 1. The minimum Gasteiger partial charge on any atom is -0.303 e. The number of hydrogen-bond donors (Lipinski definition) is 0. The number of rotatable bonds is 2. The van der Waals surface area contributed by atoms with Crippen molar-refractivity contribution in [2.24, 2.45) is 0 Å². The van der Waals surface area contributed by atoms with Crippen molar-refractivity contribution in [1.82, 2.24) is 0 Å². The normalized spacial score (nSPS) is 16.0. The van der Waals surface area contributed by atoms with Crippen LogP contribution in [0.25, 0.3) is 4.85 Å². The largest absolute Gasteiger partial charge is 0.303 e. The molecule has 1 heterocycles. The van der Waals surface area contributed by atoms with Crippen molar-refractivity contribution in [2.45, 2.75) is 33.2 Å². The van der Waals surface area contributed by atoms with Crippen molar-refractivity contribution < 1.29 is 13.6 Å². The molecule has 0 spiro atoms. The van der Waals surface area contributed by atoms with Crippen LogP contribution >= 0.6 is 12.2 Å².